The van der Waals surface area contributed by atoms with Crippen LogP contribution in [0.1, 0.15) is 11.1 Å². The molecule has 1 aromatic heterocycles. The van der Waals surface area contributed by atoms with Crippen molar-refractivity contribution in [2.75, 3.05) is 7.11 Å². The summed E-state index contributed by atoms with van der Waals surface area (Å²) in [6, 6.07) is 26.2. The van der Waals surface area contributed by atoms with Crippen molar-refractivity contribution in [3.05, 3.63) is 83.9 Å². The van der Waals surface area contributed by atoms with Gasteiger partial charge in [0.1, 0.15) is 5.75 Å². The molecule has 0 radical (unpaired) electrons. The van der Waals surface area contributed by atoms with Crippen LogP contribution in [-0.2, 0) is 0 Å². The first kappa shape index (κ1) is 16.8. The molecular weight excluding hydrogens is 332 g/mol. The van der Waals surface area contributed by atoms with Gasteiger partial charge in [0.05, 0.1) is 30.0 Å². The number of pyridine rings is 1. The molecule has 0 aliphatic heterocycles. The highest BCUT2D eigenvalue weighted by atomic mass is 16.5. The van der Waals surface area contributed by atoms with E-state index in [-0.39, 0.29) is 0 Å². The van der Waals surface area contributed by atoms with Crippen molar-refractivity contribution in [2.45, 2.75) is 6.92 Å². The maximum atomic E-state index is 9.07. The number of methoxy groups -OCH3 is 1. The number of rotatable bonds is 3. The molecule has 0 aliphatic rings. The minimum atomic E-state index is 0.647. The Hall–Kier alpha value is -3.64. The lowest BCUT2D eigenvalue weighted by atomic mass is 9.96. The van der Waals surface area contributed by atoms with Gasteiger partial charge >= 0.3 is 0 Å². The smallest absolute Gasteiger partial charge is 0.121 e. The van der Waals surface area contributed by atoms with E-state index < -0.39 is 0 Å². The van der Waals surface area contributed by atoms with E-state index in [1.807, 2.05) is 42.5 Å². The third kappa shape index (κ3) is 3.26. The number of hydrogen-bond donors (Lipinski definition) is 0. The molecule has 3 nitrogen and oxygen atoms in total. The predicted molar refractivity (Wildman–Crippen MR) is 109 cm³/mol. The molecule has 0 N–H and O–H groups in total. The van der Waals surface area contributed by atoms with E-state index in [1.165, 1.54) is 5.56 Å². The van der Waals surface area contributed by atoms with E-state index in [9.17, 15) is 0 Å². The first-order valence-electron chi connectivity index (χ1n) is 8.74. The predicted octanol–water partition coefficient (Wildman–Crippen LogP) is 5.76. The summed E-state index contributed by atoms with van der Waals surface area (Å²) in [7, 11) is 1.66. The average Bonchev–Trinajstić information content (AvgIpc) is 2.73. The third-order valence-corrected chi connectivity index (χ3v) is 4.67. The Kier molecular flexibility index (Phi) is 4.32. The zero-order valence-electron chi connectivity index (χ0n) is 15.2. The summed E-state index contributed by atoms with van der Waals surface area (Å²) >= 11 is 0. The van der Waals surface area contributed by atoms with Crippen molar-refractivity contribution in [2.24, 2.45) is 0 Å². The highest BCUT2D eigenvalue weighted by Crippen LogP contribution is 2.34. The molecule has 0 bridgehead atoms. The minimum Gasteiger partial charge on any atom is -0.497 e. The Bertz CT molecular complexity index is 1150. The van der Waals surface area contributed by atoms with E-state index in [0.717, 1.165) is 39.0 Å². The molecule has 0 spiro atoms. The molecule has 0 atom stereocenters. The molecule has 27 heavy (non-hydrogen) atoms. The van der Waals surface area contributed by atoms with Crippen LogP contribution < -0.4 is 4.74 Å². The summed E-state index contributed by atoms with van der Waals surface area (Å²) in [5.41, 5.74) is 6.80. The zero-order valence-corrected chi connectivity index (χ0v) is 15.2. The van der Waals surface area contributed by atoms with Crippen LogP contribution in [0.3, 0.4) is 0 Å². The molecule has 0 amide bonds. The largest absolute Gasteiger partial charge is 0.497 e. The van der Waals surface area contributed by atoms with Gasteiger partial charge in [-0.2, -0.15) is 5.26 Å². The second kappa shape index (κ2) is 6.93. The molecule has 3 aromatic carbocycles. The van der Waals surface area contributed by atoms with Gasteiger partial charge < -0.3 is 4.74 Å². The van der Waals surface area contributed by atoms with Crippen LogP contribution in [0.15, 0.2) is 72.8 Å². The van der Waals surface area contributed by atoms with Crippen LogP contribution in [-0.4, -0.2) is 12.1 Å². The molecular formula is C24H18N2O. The lowest BCUT2D eigenvalue weighted by Crippen LogP contribution is -1.93. The second-order valence-corrected chi connectivity index (χ2v) is 6.50. The van der Waals surface area contributed by atoms with Gasteiger partial charge in [-0.1, -0.05) is 42.0 Å². The SMILES string of the molecule is COc1ccc2cc(-c3ccc(C#N)cc3)c(-c3ccc(C)cc3)nc2c1. The van der Waals surface area contributed by atoms with Crippen LogP contribution in [0, 0.1) is 18.3 Å². The maximum absolute atomic E-state index is 9.07. The number of nitrogens with zero attached hydrogens (tertiary/aromatic N) is 2. The molecule has 0 unspecified atom stereocenters. The van der Waals surface area contributed by atoms with E-state index in [4.69, 9.17) is 15.0 Å². The summed E-state index contributed by atoms with van der Waals surface area (Å²) in [5, 5.41) is 10.1. The van der Waals surface area contributed by atoms with Gasteiger partial charge in [-0.3, -0.25) is 0 Å². The molecule has 0 saturated carbocycles. The van der Waals surface area contributed by atoms with Gasteiger partial charge in [0, 0.05) is 22.6 Å². The molecule has 130 valence electrons. The fourth-order valence-electron chi connectivity index (χ4n) is 3.15. The second-order valence-electron chi connectivity index (χ2n) is 6.50. The van der Waals surface area contributed by atoms with E-state index >= 15 is 0 Å². The summed E-state index contributed by atoms with van der Waals surface area (Å²) in [6.45, 7) is 2.07. The lowest BCUT2D eigenvalue weighted by Gasteiger charge is -2.13. The lowest BCUT2D eigenvalue weighted by molar-refractivity contribution is 0.415. The van der Waals surface area contributed by atoms with Crippen molar-refractivity contribution >= 4 is 10.9 Å². The first-order chi connectivity index (χ1) is 13.2. The Labute approximate surface area is 158 Å². The Morgan fingerprint density at radius 3 is 2.22 bits per heavy atom. The van der Waals surface area contributed by atoms with E-state index in [2.05, 4.69) is 43.3 Å². The molecule has 0 aliphatic carbocycles. The molecule has 1 heterocycles. The van der Waals surface area contributed by atoms with E-state index in [1.54, 1.807) is 7.11 Å². The fraction of sp³-hybridized carbons (Fsp3) is 0.0833. The van der Waals surface area contributed by atoms with Crippen LogP contribution >= 0.6 is 0 Å². The molecule has 4 aromatic rings. The van der Waals surface area contributed by atoms with E-state index in [0.29, 0.717) is 5.56 Å². The van der Waals surface area contributed by atoms with Crippen LogP contribution in [0.2, 0.25) is 0 Å². The molecule has 0 fully saturated rings. The first-order valence-corrected chi connectivity index (χ1v) is 8.74. The van der Waals surface area contributed by atoms with Crippen LogP contribution in [0.4, 0.5) is 0 Å². The molecule has 3 heteroatoms. The Morgan fingerprint density at radius 2 is 1.56 bits per heavy atom. The number of hydrogen-bond acceptors (Lipinski definition) is 3. The van der Waals surface area contributed by atoms with Gasteiger partial charge in [0.2, 0.25) is 0 Å². The number of aromatic nitrogens is 1. The van der Waals surface area contributed by atoms with Crippen molar-refractivity contribution in [1.29, 1.82) is 5.26 Å². The quantitative estimate of drug-likeness (QED) is 0.472. The van der Waals surface area contributed by atoms with Crippen LogP contribution in [0.25, 0.3) is 33.3 Å². The summed E-state index contributed by atoms with van der Waals surface area (Å²) < 4.78 is 5.35. The number of benzene rings is 3. The summed E-state index contributed by atoms with van der Waals surface area (Å²) in [4.78, 5) is 4.96. The van der Waals surface area contributed by atoms with Crippen molar-refractivity contribution in [3.63, 3.8) is 0 Å². The highest BCUT2D eigenvalue weighted by molar-refractivity contribution is 5.92. The Morgan fingerprint density at radius 1 is 0.852 bits per heavy atom. The fourth-order valence-corrected chi connectivity index (χ4v) is 3.15. The normalized spacial score (nSPS) is 10.6. The van der Waals surface area contributed by atoms with Gasteiger partial charge in [-0.05, 0) is 42.8 Å². The maximum Gasteiger partial charge on any atom is 0.121 e. The number of nitriles is 1. The van der Waals surface area contributed by atoms with Gasteiger partial charge in [0.15, 0.2) is 0 Å². The van der Waals surface area contributed by atoms with Crippen molar-refractivity contribution in [3.8, 4) is 34.2 Å². The summed E-state index contributed by atoms with van der Waals surface area (Å²) in [5.74, 6) is 0.788. The standard InChI is InChI=1S/C24H18N2O/c1-16-3-7-19(8-4-16)24-22(18-9-5-17(15-25)6-10-18)13-20-11-12-21(27-2)14-23(20)26-24/h3-14H,1-2H3. The average molecular weight is 350 g/mol. The van der Waals surface area contributed by atoms with Gasteiger partial charge in [-0.25, -0.2) is 4.98 Å². The highest BCUT2D eigenvalue weighted by Gasteiger charge is 2.12. The zero-order chi connectivity index (χ0) is 18.8. The molecule has 0 saturated heterocycles. The minimum absolute atomic E-state index is 0.647. The Balaban J connectivity index is 1.97. The van der Waals surface area contributed by atoms with Crippen LogP contribution in [0.5, 0.6) is 5.75 Å². The van der Waals surface area contributed by atoms with Crippen molar-refractivity contribution < 1.29 is 4.74 Å². The molecule has 4 rings (SSSR count). The van der Waals surface area contributed by atoms with Gasteiger partial charge in [0.25, 0.3) is 0 Å². The topological polar surface area (TPSA) is 45.9 Å². The number of fused-ring (bicyclic) bond motifs is 1. The monoisotopic (exact) mass is 350 g/mol. The summed E-state index contributed by atoms with van der Waals surface area (Å²) in [6.07, 6.45) is 0. The number of aryl methyl sites for hydroxylation is 1. The third-order valence-electron chi connectivity index (χ3n) is 4.67. The van der Waals surface area contributed by atoms with Crippen molar-refractivity contribution in [1.82, 2.24) is 4.98 Å². The van der Waals surface area contributed by atoms with Gasteiger partial charge in [-0.15, -0.1) is 0 Å². The number of ether oxygens (including phenoxy) is 1.